The van der Waals surface area contributed by atoms with Gasteiger partial charge in [-0.05, 0) is 38.1 Å². The summed E-state index contributed by atoms with van der Waals surface area (Å²) >= 11 is 0. The number of nitrogens with zero attached hydrogens (tertiary/aromatic N) is 2. The van der Waals surface area contributed by atoms with Crippen LogP contribution in [0.2, 0.25) is 0 Å². The second-order valence-electron chi connectivity index (χ2n) is 7.99. The third-order valence-electron chi connectivity index (χ3n) is 5.52. The standard InChI is InChI=1S/C24H31N3O3/c1-26(2)21-14-9-15-27(17-21)23(28)22(16-19-10-5-3-6-11-19)25-24(29)30-18-20-12-7-4-8-13-20/h3-8,10-13,21-22H,9,14-18H2,1-2H3,(H,25,29). The minimum absolute atomic E-state index is 0.0536. The molecule has 0 saturated carbocycles. The van der Waals surface area contributed by atoms with Crippen molar-refractivity contribution in [1.29, 1.82) is 0 Å². The second-order valence-corrected chi connectivity index (χ2v) is 7.99. The van der Waals surface area contributed by atoms with Crippen molar-refractivity contribution in [2.24, 2.45) is 0 Å². The Balaban J connectivity index is 1.66. The Hall–Kier alpha value is -2.86. The number of hydrogen-bond acceptors (Lipinski definition) is 4. The molecule has 2 amide bonds. The lowest BCUT2D eigenvalue weighted by Gasteiger charge is -2.37. The average Bonchev–Trinajstić information content (AvgIpc) is 2.78. The maximum atomic E-state index is 13.3. The zero-order valence-electron chi connectivity index (χ0n) is 17.8. The summed E-state index contributed by atoms with van der Waals surface area (Å²) in [6.07, 6.45) is 1.90. The zero-order valence-corrected chi connectivity index (χ0v) is 17.8. The highest BCUT2D eigenvalue weighted by molar-refractivity contribution is 5.86. The van der Waals surface area contributed by atoms with Crippen molar-refractivity contribution in [2.45, 2.75) is 38.0 Å². The lowest BCUT2D eigenvalue weighted by Crippen LogP contribution is -2.54. The predicted molar refractivity (Wildman–Crippen MR) is 117 cm³/mol. The summed E-state index contributed by atoms with van der Waals surface area (Å²) in [4.78, 5) is 29.8. The van der Waals surface area contributed by atoms with Crippen LogP contribution in [0.15, 0.2) is 60.7 Å². The van der Waals surface area contributed by atoms with Gasteiger partial charge in [0.15, 0.2) is 0 Å². The number of benzene rings is 2. The van der Waals surface area contributed by atoms with E-state index in [2.05, 4.69) is 10.2 Å². The van der Waals surface area contributed by atoms with Gasteiger partial charge >= 0.3 is 6.09 Å². The highest BCUT2D eigenvalue weighted by Gasteiger charge is 2.31. The zero-order chi connectivity index (χ0) is 21.3. The Labute approximate surface area is 178 Å². The Morgan fingerprint density at radius 1 is 1.07 bits per heavy atom. The summed E-state index contributed by atoms with van der Waals surface area (Å²) in [5.74, 6) is -0.0536. The van der Waals surface area contributed by atoms with Crippen molar-refractivity contribution in [3.05, 3.63) is 71.8 Å². The van der Waals surface area contributed by atoms with E-state index >= 15 is 0 Å². The number of piperidine rings is 1. The number of likely N-dealkylation sites (N-methyl/N-ethyl adjacent to an activating group) is 1. The summed E-state index contributed by atoms with van der Waals surface area (Å²) in [6, 6.07) is 18.9. The molecule has 1 fully saturated rings. The molecule has 2 unspecified atom stereocenters. The summed E-state index contributed by atoms with van der Waals surface area (Å²) in [6.45, 7) is 1.57. The fourth-order valence-electron chi connectivity index (χ4n) is 3.75. The van der Waals surface area contributed by atoms with Crippen molar-refractivity contribution in [2.75, 3.05) is 27.2 Å². The number of hydrogen-bond donors (Lipinski definition) is 1. The number of likely N-dealkylation sites (tertiary alicyclic amines) is 1. The molecule has 6 nitrogen and oxygen atoms in total. The number of nitrogens with one attached hydrogen (secondary N) is 1. The number of ether oxygens (including phenoxy) is 1. The summed E-state index contributed by atoms with van der Waals surface area (Å²) in [7, 11) is 4.08. The van der Waals surface area contributed by atoms with E-state index in [1.54, 1.807) is 0 Å². The van der Waals surface area contributed by atoms with E-state index in [0.717, 1.165) is 30.5 Å². The van der Waals surface area contributed by atoms with Crippen molar-refractivity contribution in [3.8, 4) is 0 Å². The van der Waals surface area contributed by atoms with Crippen LogP contribution < -0.4 is 5.32 Å². The molecule has 1 aliphatic heterocycles. The first-order valence-corrected chi connectivity index (χ1v) is 10.5. The highest BCUT2D eigenvalue weighted by Crippen LogP contribution is 2.16. The molecule has 1 heterocycles. The van der Waals surface area contributed by atoms with Gasteiger partial charge in [-0.1, -0.05) is 60.7 Å². The largest absolute Gasteiger partial charge is 0.445 e. The normalized spacial score (nSPS) is 17.4. The van der Waals surface area contributed by atoms with Gasteiger partial charge in [0, 0.05) is 25.6 Å². The maximum Gasteiger partial charge on any atom is 0.408 e. The third kappa shape index (κ3) is 6.32. The summed E-state index contributed by atoms with van der Waals surface area (Å²) < 4.78 is 5.36. The van der Waals surface area contributed by atoms with Gasteiger partial charge in [-0.25, -0.2) is 4.79 Å². The average molecular weight is 410 g/mol. The molecule has 0 radical (unpaired) electrons. The lowest BCUT2D eigenvalue weighted by molar-refractivity contribution is -0.135. The number of amides is 2. The van der Waals surface area contributed by atoms with Gasteiger partial charge in [0.05, 0.1) is 0 Å². The molecule has 1 saturated heterocycles. The van der Waals surface area contributed by atoms with Crippen LogP contribution >= 0.6 is 0 Å². The Morgan fingerprint density at radius 3 is 2.33 bits per heavy atom. The van der Waals surface area contributed by atoms with E-state index in [4.69, 9.17) is 4.74 Å². The van der Waals surface area contributed by atoms with Crippen LogP contribution in [0, 0.1) is 0 Å². The summed E-state index contributed by atoms with van der Waals surface area (Å²) in [5, 5.41) is 2.81. The minimum Gasteiger partial charge on any atom is -0.445 e. The first-order valence-electron chi connectivity index (χ1n) is 10.5. The maximum absolute atomic E-state index is 13.3. The van der Waals surface area contributed by atoms with Gasteiger partial charge in [-0.3, -0.25) is 4.79 Å². The number of carbonyl (C=O) groups excluding carboxylic acids is 2. The van der Waals surface area contributed by atoms with Gasteiger partial charge in [-0.2, -0.15) is 0 Å². The van der Waals surface area contributed by atoms with Gasteiger partial charge in [-0.15, -0.1) is 0 Å². The topological polar surface area (TPSA) is 61.9 Å². The molecule has 0 spiro atoms. The first-order chi connectivity index (χ1) is 14.5. The van der Waals surface area contributed by atoms with Crippen molar-refractivity contribution >= 4 is 12.0 Å². The van der Waals surface area contributed by atoms with Crippen LogP contribution in [-0.2, 0) is 22.6 Å². The SMILES string of the molecule is CN(C)C1CCCN(C(=O)C(Cc2ccccc2)NC(=O)OCc2ccccc2)C1. The van der Waals surface area contributed by atoms with Gasteiger partial charge in [0.25, 0.3) is 0 Å². The van der Waals surface area contributed by atoms with Crippen molar-refractivity contribution in [1.82, 2.24) is 15.1 Å². The Kier molecular flexibility index (Phi) is 7.85. The number of carbonyl (C=O) groups is 2. The van der Waals surface area contributed by atoms with Crippen LogP contribution in [0.1, 0.15) is 24.0 Å². The molecule has 1 aliphatic rings. The van der Waals surface area contributed by atoms with Crippen molar-refractivity contribution in [3.63, 3.8) is 0 Å². The number of rotatable bonds is 7. The quantitative estimate of drug-likeness (QED) is 0.763. The van der Waals surface area contributed by atoms with Gasteiger partial charge < -0.3 is 19.9 Å². The summed E-state index contributed by atoms with van der Waals surface area (Å²) in [5.41, 5.74) is 1.91. The van der Waals surface area contributed by atoms with Crippen LogP contribution in [0.3, 0.4) is 0 Å². The van der Waals surface area contributed by atoms with Crippen LogP contribution in [0.4, 0.5) is 4.79 Å². The minimum atomic E-state index is -0.656. The monoisotopic (exact) mass is 409 g/mol. The van der Waals surface area contributed by atoms with Gasteiger partial charge in [0.1, 0.15) is 12.6 Å². The molecule has 3 rings (SSSR count). The van der Waals surface area contributed by atoms with E-state index in [1.807, 2.05) is 79.7 Å². The smallest absolute Gasteiger partial charge is 0.408 e. The van der Waals surface area contributed by atoms with Crippen molar-refractivity contribution < 1.29 is 14.3 Å². The fourth-order valence-corrected chi connectivity index (χ4v) is 3.75. The van der Waals surface area contributed by atoms with Crippen LogP contribution in [0.25, 0.3) is 0 Å². The molecular weight excluding hydrogens is 378 g/mol. The molecule has 2 aromatic carbocycles. The molecule has 0 aliphatic carbocycles. The Morgan fingerprint density at radius 2 is 1.70 bits per heavy atom. The molecule has 1 N–H and O–H groups in total. The molecule has 2 atom stereocenters. The Bertz CT molecular complexity index is 811. The van der Waals surface area contributed by atoms with Crippen LogP contribution in [-0.4, -0.2) is 61.1 Å². The molecule has 0 aromatic heterocycles. The molecular formula is C24H31N3O3. The van der Waals surface area contributed by atoms with E-state index in [1.165, 1.54) is 0 Å². The second kappa shape index (κ2) is 10.8. The first kappa shape index (κ1) is 21.8. The van der Waals surface area contributed by atoms with E-state index in [9.17, 15) is 9.59 Å². The predicted octanol–water partition coefficient (Wildman–Crippen LogP) is 3.08. The van der Waals surface area contributed by atoms with E-state index in [0.29, 0.717) is 19.0 Å². The molecule has 6 heteroatoms. The molecule has 30 heavy (non-hydrogen) atoms. The van der Waals surface area contributed by atoms with E-state index in [-0.39, 0.29) is 12.5 Å². The van der Waals surface area contributed by atoms with Gasteiger partial charge in [0.2, 0.25) is 5.91 Å². The molecule has 160 valence electrons. The molecule has 0 bridgehead atoms. The number of alkyl carbamates (subject to hydrolysis) is 1. The third-order valence-corrected chi connectivity index (χ3v) is 5.52. The van der Waals surface area contributed by atoms with E-state index < -0.39 is 12.1 Å². The van der Waals surface area contributed by atoms with Crippen LogP contribution in [0.5, 0.6) is 0 Å². The lowest BCUT2D eigenvalue weighted by atomic mass is 10.0. The molecule has 2 aromatic rings. The fraction of sp³-hybridized carbons (Fsp3) is 0.417. The highest BCUT2D eigenvalue weighted by atomic mass is 16.5.